The molecule has 0 fully saturated rings. The van der Waals surface area contributed by atoms with Crippen LogP contribution in [-0.2, 0) is 17.1 Å². The molecule has 0 aliphatic rings. The van der Waals surface area contributed by atoms with Crippen LogP contribution in [0.5, 0.6) is 28.3 Å². The van der Waals surface area contributed by atoms with Crippen LogP contribution in [0.1, 0.15) is 62.6 Å². The first-order chi connectivity index (χ1) is 39.9. The molecule has 0 radical (unpaired) electrons. The lowest BCUT2D eigenvalue weighted by Crippen LogP contribution is -2.40. The Labute approximate surface area is 509 Å². The Balaban J connectivity index is 0.000000248. The third-order valence-corrected chi connectivity index (χ3v) is 13.7. The van der Waals surface area contributed by atoms with E-state index in [1.807, 2.05) is 33.8 Å². The van der Waals surface area contributed by atoms with Gasteiger partial charge in [0.2, 0.25) is 10.9 Å². The van der Waals surface area contributed by atoms with Gasteiger partial charge in [0, 0.05) is 47.4 Å². The zero-order valence-corrected chi connectivity index (χ0v) is 49.9. The van der Waals surface area contributed by atoms with Crippen LogP contribution in [0.25, 0.3) is 0 Å². The number of carbonyl (C=O) groups excluding carboxylic acids is 3. The minimum Gasteiger partial charge on any atom is -0.459 e. The summed E-state index contributed by atoms with van der Waals surface area (Å²) >= 11 is 24.0. The van der Waals surface area contributed by atoms with Gasteiger partial charge in [-0.15, -0.1) is 5.10 Å². The van der Waals surface area contributed by atoms with Crippen LogP contribution >= 0.6 is 69.5 Å². The van der Waals surface area contributed by atoms with E-state index in [-0.39, 0.29) is 83.9 Å². The third kappa shape index (κ3) is 22.8. The van der Waals surface area contributed by atoms with Crippen LogP contribution in [0, 0.1) is 21.7 Å². The van der Waals surface area contributed by atoms with Gasteiger partial charge >= 0.3 is 12.4 Å². The van der Waals surface area contributed by atoms with Crippen LogP contribution in [0.4, 0.5) is 62.7 Å². The van der Waals surface area contributed by atoms with Crippen molar-refractivity contribution in [2.24, 2.45) is 0 Å². The number of hydrogen-bond donors (Lipinski definition) is 2. The summed E-state index contributed by atoms with van der Waals surface area (Å²) in [6.45, 7) is 10.9. The minimum atomic E-state index is -4.61. The van der Waals surface area contributed by atoms with Crippen LogP contribution in [0.2, 0.25) is 5.02 Å². The van der Waals surface area contributed by atoms with Crippen molar-refractivity contribution in [3.05, 3.63) is 186 Å². The number of aromatic nitrogens is 3. The number of para-hydroxylation sites is 1. The van der Waals surface area contributed by atoms with Gasteiger partial charge in [-0.3, -0.25) is 24.5 Å². The van der Waals surface area contributed by atoms with Crippen molar-refractivity contribution in [3.8, 4) is 28.3 Å². The van der Waals surface area contributed by atoms with Crippen LogP contribution in [0.3, 0.4) is 0 Å². The fourth-order valence-electron chi connectivity index (χ4n) is 6.78. The minimum absolute atomic E-state index is 0.0104. The summed E-state index contributed by atoms with van der Waals surface area (Å²) in [4.78, 5) is 53.6. The molecule has 7 rings (SSSR count). The average Bonchev–Trinajstić information content (AvgIpc) is 4.12. The topological polar surface area (TPSA) is 205 Å². The maximum atomic E-state index is 13.0. The lowest BCUT2D eigenvalue weighted by Gasteiger charge is -2.30. The smallest absolute Gasteiger partial charge is 0.445 e. The maximum absolute atomic E-state index is 13.0. The fourth-order valence-corrected chi connectivity index (χ4v) is 8.96. The van der Waals surface area contributed by atoms with E-state index in [0.717, 1.165) is 23.9 Å². The van der Waals surface area contributed by atoms with Crippen molar-refractivity contribution in [2.45, 2.75) is 72.0 Å². The summed E-state index contributed by atoms with van der Waals surface area (Å²) < 4.78 is 117. The second-order valence-corrected chi connectivity index (χ2v) is 21.4. The zero-order chi connectivity index (χ0) is 63.3. The van der Waals surface area contributed by atoms with E-state index in [0.29, 0.717) is 27.9 Å². The number of nitrogens with zero attached hydrogens (tertiary/aromatic N) is 6. The van der Waals surface area contributed by atoms with Gasteiger partial charge in [-0.1, -0.05) is 105 Å². The van der Waals surface area contributed by atoms with E-state index < -0.39 is 57.9 Å². The van der Waals surface area contributed by atoms with Crippen molar-refractivity contribution >= 4 is 109 Å². The van der Waals surface area contributed by atoms with Crippen LogP contribution in [-0.4, -0.2) is 72.5 Å². The van der Waals surface area contributed by atoms with Gasteiger partial charge in [0.25, 0.3) is 27.9 Å². The Hall–Kier alpha value is -7.49. The number of benzene rings is 5. The van der Waals surface area contributed by atoms with E-state index in [2.05, 4.69) is 20.5 Å². The SMILES string of the molecule is CC(C)N(C(=O)COc1nnc(C(F)(F)F)s1)c1ccc(F)cc1.CC(C)N(C(=O)SCC(Cl)=C(Cl)Cl)C(C)C.Nc1c([N+](=O)[O-])ccc(Oc2ccccc2)c1Cl.O=C(Nc1ccc(F)cc1)c1cccc(Oc2cccc(C(F)(F)F)c2)n1. The zero-order valence-electron chi connectivity index (χ0n) is 45.2. The second kappa shape index (κ2) is 32.7. The number of anilines is 3. The van der Waals surface area contributed by atoms with Crippen molar-refractivity contribution in [2.75, 3.05) is 28.3 Å². The van der Waals surface area contributed by atoms with Crippen molar-refractivity contribution in [1.82, 2.24) is 20.1 Å². The Kier molecular flexibility index (Phi) is 26.9. The monoisotopic (exact) mass is 1310 g/mol. The number of nitrogens with one attached hydrogen (secondary N) is 1. The molecule has 0 aliphatic carbocycles. The molecule has 0 saturated carbocycles. The quantitative estimate of drug-likeness (QED) is 0.0400. The van der Waals surface area contributed by atoms with Gasteiger partial charge in [-0.25, -0.2) is 13.8 Å². The Morgan fingerprint density at radius 2 is 1.33 bits per heavy atom. The molecular weight excluding hydrogens is 1260 g/mol. The lowest BCUT2D eigenvalue weighted by atomic mass is 10.2. The van der Waals surface area contributed by atoms with Gasteiger partial charge in [0.05, 0.1) is 15.5 Å². The molecule has 2 heterocycles. The predicted molar refractivity (Wildman–Crippen MR) is 313 cm³/mol. The molecule has 3 amide bonds. The normalized spacial score (nSPS) is 11.0. The predicted octanol–water partition coefficient (Wildman–Crippen LogP) is 17.3. The molecule has 85 heavy (non-hydrogen) atoms. The molecule has 16 nitrogen and oxygen atoms in total. The summed E-state index contributed by atoms with van der Waals surface area (Å²) in [5, 5.41) is 18.2. The van der Waals surface area contributed by atoms with Crippen LogP contribution < -0.4 is 30.2 Å². The van der Waals surface area contributed by atoms with Crippen LogP contribution in [0.15, 0.2) is 143 Å². The first-order valence-corrected chi connectivity index (χ1v) is 27.8. The summed E-state index contributed by atoms with van der Waals surface area (Å²) in [7, 11) is 0. The van der Waals surface area contributed by atoms with E-state index in [9.17, 15) is 59.6 Å². The Bertz CT molecular complexity index is 3380. The summed E-state index contributed by atoms with van der Waals surface area (Å²) in [5.74, 6) is -0.898. The molecule has 454 valence electrons. The Morgan fingerprint density at radius 1 is 0.741 bits per heavy atom. The second-order valence-electron chi connectivity index (χ2n) is 17.7. The number of alkyl halides is 6. The molecule has 0 spiro atoms. The number of halogens is 12. The number of nitro benzene ring substituents is 1. The molecular formula is C55H50Cl4F8N8O8S2. The molecule has 0 aliphatic heterocycles. The molecule has 0 saturated heterocycles. The number of nitro groups is 1. The highest BCUT2D eigenvalue weighted by molar-refractivity contribution is 8.13. The number of nitrogens with two attached hydrogens (primary N) is 1. The van der Waals surface area contributed by atoms with Crippen molar-refractivity contribution < 1.29 is 68.6 Å². The van der Waals surface area contributed by atoms with Gasteiger partial charge < -0.3 is 35.1 Å². The fraction of sp³-hybridized carbons (Fsp3) is 0.236. The number of carbonyl (C=O) groups is 3. The number of thioether (sulfide) groups is 1. The Morgan fingerprint density at radius 3 is 1.87 bits per heavy atom. The van der Waals surface area contributed by atoms with Gasteiger partial charge in [0.1, 0.15) is 49.8 Å². The number of nitrogen functional groups attached to an aromatic ring is 1. The number of hydrogen-bond acceptors (Lipinski definition) is 14. The highest BCUT2D eigenvalue weighted by Gasteiger charge is 2.36. The van der Waals surface area contributed by atoms with Crippen molar-refractivity contribution in [3.63, 3.8) is 0 Å². The number of rotatable bonds is 16. The van der Waals surface area contributed by atoms with Crippen molar-refractivity contribution in [1.29, 1.82) is 0 Å². The number of pyridine rings is 1. The standard InChI is InChI=1S/C19H12F4N2O2.C14H13F4N3O2S.C12H9ClN2O3.C10H16Cl3NOS/c20-13-7-9-14(10-8-13)24-18(26)16-5-2-6-17(25-16)27-15-4-1-3-12(11-15)19(21,22)23;1-8(2)21(10-5-3-9(15)4-6-10)11(22)7-23-13-20-19-12(24-13)14(16,17)18;13-11-10(18-8-4-2-1-3-5-8)7-6-9(12(11)14)15(16)17;1-6(2)14(7(3)4)10(15)16-5-8(11)9(12)13/h1-11H,(H,24,26);3-6,8H,7H2,1-2H3;1-7H,14H2;6-7H,5H2,1-4H3. The van der Waals surface area contributed by atoms with Gasteiger partial charge in [-0.05, 0) is 133 Å². The number of amides is 3. The summed E-state index contributed by atoms with van der Waals surface area (Å²) in [6.07, 6.45) is -9.11. The molecule has 0 bridgehead atoms. The molecule has 0 atom stereocenters. The van der Waals surface area contributed by atoms with Gasteiger partial charge in [0.15, 0.2) is 6.61 Å². The van der Waals surface area contributed by atoms with E-state index in [4.69, 9.17) is 66.3 Å². The van der Waals surface area contributed by atoms with E-state index in [1.54, 1.807) is 43.0 Å². The summed E-state index contributed by atoms with van der Waals surface area (Å²) in [6, 6.07) is 30.7. The molecule has 30 heteroatoms. The third-order valence-electron chi connectivity index (χ3n) is 10.4. The number of ether oxygens (including phenoxy) is 3. The molecule has 7 aromatic rings. The maximum Gasteiger partial charge on any atom is 0.445 e. The molecule has 5 aromatic carbocycles. The van der Waals surface area contributed by atoms with E-state index >= 15 is 0 Å². The van der Waals surface area contributed by atoms with E-state index in [1.165, 1.54) is 95.9 Å². The summed E-state index contributed by atoms with van der Waals surface area (Å²) in [5.41, 5.74) is 5.20. The highest BCUT2D eigenvalue weighted by Crippen LogP contribution is 2.39. The highest BCUT2D eigenvalue weighted by atomic mass is 35.5. The first kappa shape index (κ1) is 70.0. The average molecular weight is 1310 g/mol. The largest absolute Gasteiger partial charge is 0.459 e. The first-order valence-electron chi connectivity index (χ1n) is 24.5. The molecule has 3 N–H and O–H groups in total. The lowest BCUT2D eigenvalue weighted by molar-refractivity contribution is -0.383. The molecule has 2 aromatic heterocycles. The molecule has 0 unspecified atom stereocenters. The van der Waals surface area contributed by atoms with Gasteiger partial charge in [-0.2, -0.15) is 26.3 Å².